The summed E-state index contributed by atoms with van der Waals surface area (Å²) in [6, 6.07) is 4.88. The van der Waals surface area contributed by atoms with E-state index >= 15 is 0 Å². The third-order valence-electron chi connectivity index (χ3n) is 8.86. The van der Waals surface area contributed by atoms with Crippen LogP contribution in [0.2, 0.25) is 0 Å². The molecule has 2 amide bonds. The molecule has 6 rings (SSSR count). The van der Waals surface area contributed by atoms with Crippen molar-refractivity contribution in [1.29, 1.82) is 0 Å². The number of Topliss-reactive ketones (excluding diaryl/α,β-unsaturated/α-hetero) is 1. The zero-order valence-corrected chi connectivity index (χ0v) is 25.6. The molecule has 2 aliphatic heterocycles. The van der Waals surface area contributed by atoms with Gasteiger partial charge in [0.1, 0.15) is 28.7 Å². The third kappa shape index (κ3) is 5.64. The Balaban J connectivity index is 1.32. The smallest absolute Gasteiger partial charge is 0.248 e. The Labute approximate surface area is 253 Å². The summed E-state index contributed by atoms with van der Waals surface area (Å²) in [7, 11) is 2.14. The first-order chi connectivity index (χ1) is 20.3. The minimum absolute atomic E-state index is 0.0239. The molecule has 0 radical (unpaired) electrons. The van der Waals surface area contributed by atoms with Crippen molar-refractivity contribution >= 4 is 56.3 Å². The van der Waals surface area contributed by atoms with Gasteiger partial charge >= 0.3 is 0 Å². The Bertz CT molecular complexity index is 1570. The zero-order chi connectivity index (χ0) is 29.4. The predicted octanol–water partition coefficient (Wildman–Crippen LogP) is 4.70. The number of hydrogen-bond acceptors (Lipinski definition) is 7. The van der Waals surface area contributed by atoms with Crippen molar-refractivity contribution in [2.75, 3.05) is 25.5 Å². The lowest BCUT2D eigenvalue weighted by Gasteiger charge is -2.27. The molecule has 1 saturated carbocycles. The third-order valence-corrected chi connectivity index (χ3v) is 9.30. The number of halogens is 1. The Kier molecular flexibility index (Phi) is 7.97. The van der Waals surface area contributed by atoms with Crippen LogP contribution in [0.3, 0.4) is 0 Å². The van der Waals surface area contributed by atoms with Gasteiger partial charge in [0.05, 0.1) is 11.7 Å². The molecule has 2 fully saturated rings. The number of anilines is 1. The molecule has 0 unspecified atom stereocenters. The number of nitrogens with one attached hydrogen (secondary N) is 1. The molecule has 0 aromatic carbocycles. The summed E-state index contributed by atoms with van der Waals surface area (Å²) in [5.41, 5.74) is 1.65. The van der Waals surface area contributed by atoms with Crippen molar-refractivity contribution in [3.8, 4) is 0 Å². The van der Waals surface area contributed by atoms with Crippen LogP contribution < -0.4 is 5.32 Å². The van der Waals surface area contributed by atoms with E-state index in [4.69, 9.17) is 0 Å². The summed E-state index contributed by atoms with van der Waals surface area (Å²) in [5.74, 6) is -0.128. The molecule has 42 heavy (non-hydrogen) atoms. The SMILES string of the molecule is CC(=O)c1nn(CC(=O)N2[C@H]3C[C@]4(C[C@@H]24)CN(C)CCCCCC/C=C/c2ccc(Br)nc2NC3=O)c2cnccc12. The van der Waals surface area contributed by atoms with Gasteiger partial charge in [0.15, 0.2) is 5.78 Å². The summed E-state index contributed by atoms with van der Waals surface area (Å²) < 4.78 is 2.17. The highest BCUT2D eigenvalue weighted by Crippen LogP contribution is 2.60. The molecule has 220 valence electrons. The number of likely N-dealkylation sites (tertiary alicyclic amines) is 1. The summed E-state index contributed by atoms with van der Waals surface area (Å²) in [6.45, 7) is 3.23. The molecular weight excluding hydrogens is 598 g/mol. The highest BCUT2D eigenvalue weighted by molar-refractivity contribution is 9.10. The average Bonchev–Trinajstić information content (AvgIpc) is 3.35. The highest BCUT2D eigenvalue weighted by Gasteiger charge is 2.67. The van der Waals surface area contributed by atoms with Gasteiger partial charge in [-0.3, -0.25) is 24.0 Å². The molecule has 1 N–H and O–H groups in total. The van der Waals surface area contributed by atoms with Crippen LogP contribution in [0.1, 0.15) is 67.9 Å². The second-order valence-corrected chi connectivity index (χ2v) is 12.8. The molecule has 3 aliphatic rings. The van der Waals surface area contributed by atoms with Gasteiger partial charge in [-0.05, 0) is 79.8 Å². The van der Waals surface area contributed by atoms with Gasteiger partial charge in [0.25, 0.3) is 0 Å². The first-order valence-electron chi connectivity index (χ1n) is 14.7. The van der Waals surface area contributed by atoms with Gasteiger partial charge in [-0.15, -0.1) is 0 Å². The molecular formula is C31H36BrN7O3. The van der Waals surface area contributed by atoms with Gasteiger partial charge in [0.2, 0.25) is 11.8 Å². The predicted molar refractivity (Wildman–Crippen MR) is 164 cm³/mol. The van der Waals surface area contributed by atoms with E-state index in [9.17, 15) is 14.4 Å². The summed E-state index contributed by atoms with van der Waals surface area (Å²) >= 11 is 3.44. The van der Waals surface area contributed by atoms with Gasteiger partial charge < -0.3 is 15.1 Å². The lowest BCUT2D eigenvalue weighted by atomic mass is 9.98. The summed E-state index contributed by atoms with van der Waals surface area (Å²) in [5, 5.41) is 8.20. The number of carbonyl (C=O) groups excluding carboxylic acids is 3. The number of piperidine rings is 1. The molecule has 3 aromatic heterocycles. The maximum Gasteiger partial charge on any atom is 0.248 e. The first kappa shape index (κ1) is 28.7. The Morgan fingerprint density at radius 3 is 2.81 bits per heavy atom. The Morgan fingerprint density at radius 2 is 1.98 bits per heavy atom. The monoisotopic (exact) mass is 633 g/mol. The zero-order valence-electron chi connectivity index (χ0n) is 24.1. The number of aromatic nitrogens is 4. The van der Waals surface area contributed by atoms with Crippen LogP contribution >= 0.6 is 15.9 Å². The second-order valence-electron chi connectivity index (χ2n) is 12.0. The van der Waals surface area contributed by atoms with Crippen LogP contribution in [0.25, 0.3) is 17.0 Å². The number of carbonyl (C=O) groups is 3. The average molecular weight is 635 g/mol. The number of amides is 2. The molecule has 1 spiro atoms. The molecule has 11 heteroatoms. The van der Waals surface area contributed by atoms with Gasteiger partial charge in [-0.1, -0.05) is 25.0 Å². The number of pyridine rings is 2. The molecule has 3 atom stereocenters. The lowest BCUT2D eigenvalue weighted by Crippen LogP contribution is -2.47. The lowest BCUT2D eigenvalue weighted by molar-refractivity contribution is -0.138. The van der Waals surface area contributed by atoms with E-state index < -0.39 is 6.04 Å². The first-order valence-corrected chi connectivity index (χ1v) is 15.5. The topological polar surface area (TPSA) is 113 Å². The Hall–Kier alpha value is -3.44. The molecule has 3 aromatic rings. The molecule has 1 aliphatic carbocycles. The number of hydrogen-bond donors (Lipinski definition) is 1. The van der Waals surface area contributed by atoms with E-state index in [0.717, 1.165) is 44.3 Å². The van der Waals surface area contributed by atoms with E-state index in [-0.39, 0.29) is 35.6 Å². The number of nitrogens with zero attached hydrogens (tertiary/aromatic N) is 6. The fraction of sp³-hybridized carbons (Fsp3) is 0.484. The normalized spacial score (nSPS) is 25.8. The number of rotatable bonds is 3. The van der Waals surface area contributed by atoms with Crippen LogP contribution in [0.5, 0.6) is 0 Å². The quantitative estimate of drug-likeness (QED) is 0.328. The van der Waals surface area contributed by atoms with Crippen LogP contribution in [-0.4, -0.2) is 79.4 Å². The van der Waals surface area contributed by atoms with E-state index in [1.165, 1.54) is 19.8 Å². The maximum atomic E-state index is 14.0. The fourth-order valence-corrected chi connectivity index (χ4v) is 7.07. The number of ketones is 1. The van der Waals surface area contributed by atoms with Gasteiger partial charge in [0, 0.05) is 42.1 Å². The van der Waals surface area contributed by atoms with Crippen molar-refractivity contribution in [1.82, 2.24) is 29.5 Å². The Morgan fingerprint density at radius 1 is 1.14 bits per heavy atom. The van der Waals surface area contributed by atoms with Crippen molar-refractivity contribution in [2.45, 2.75) is 70.5 Å². The molecule has 2 bridgehead atoms. The van der Waals surface area contributed by atoms with Crippen molar-refractivity contribution in [2.24, 2.45) is 5.41 Å². The second kappa shape index (κ2) is 11.7. The van der Waals surface area contributed by atoms with Crippen molar-refractivity contribution in [3.63, 3.8) is 0 Å². The number of allylic oxidation sites excluding steroid dienone is 1. The van der Waals surface area contributed by atoms with E-state index in [0.29, 0.717) is 33.4 Å². The van der Waals surface area contributed by atoms with Gasteiger partial charge in [-0.25, -0.2) is 4.98 Å². The largest absolute Gasteiger partial charge is 0.325 e. The molecule has 10 nitrogen and oxygen atoms in total. The van der Waals surface area contributed by atoms with Crippen LogP contribution in [-0.2, 0) is 16.1 Å². The van der Waals surface area contributed by atoms with E-state index in [2.05, 4.69) is 54.3 Å². The fourth-order valence-electron chi connectivity index (χ4n) is 6.76. The standard InChI is InChI=1S/C31H36BrN7O3/c1-20(40)28-22-12-13-33-17-24(22)38(36-28)18-27(41)39-23-15-31(16-25(31)39)19-37(2)14-8-6-4-3-5-7-9-21-10-11-26(32)34-29(21)35-30(23)42/h7,9-13,17,23,25H,3-6,8,14-16,18-19H2,1-2H3,(H,34,35,42)/b9-7+/t23-,25+,31-/m0/s1. The minimum atomic E-state index is -0.634. The summed E-state index contributed by atoms with van der Waals surface area (Å²) in [4.78, 5) is 53.1. The van der Waals surface area contributed by atoms with E-state index in [1.807, 2.05) is 18.2 Å². The van der Waals surface area contributed by atoms with Crippen LogP contribution in [0, 0.1) is 5.41 Å². The van der Waals surface area contributed by atoms with Crippen molar-refractivity contribution in [3.05, 3.63) is 52.5 Å². The highest BCUT2D eigenvalue weighted by atomic mass is 79.9. The minimum Gasteiger partial charge on any atom is -0.325 e. The van der Waals surface area contributed by atoms with Crippen LogP contribution in [0.4, 0.5) is 5.82 Å². The van der Waals surface area contributed by atoms with E-state index in [1.54, 1.807) is 28.0 Å². The van der Waals surface area contributed by atoms with Crippen LogP contribution in [0.15, 0.2) is 41.3 Å². The molecule has 1 saturated heterocycles. The van der Waals surface area contributed by atoms with Gasteiger partial charge in [-0.2, -0.15) is 5.10 Å². The maximum absolute atomic E-state index is 14.0. The van der Waals surface area contributed by atoms with Crippen molar-refractivity contribution < 1.29 is 14.4 Å². The number of fused-ring (bicyclic) bond motifs is 3. The summed E-state index contributed by atoms with van der Waals surface area (Å²) in [6.07, 6.45) is 14.5. The molecule has 5 heterocycles.